The van der Waals surface area contributed by atoms with Gasteiger partial charge in [0.2, 0.25) is 5.91 Å². The molecule has 2 aromatic rings. The Morgan fingerprint density at radius 3 is 2.88 bits per heavy atom. The van der Waals surface area contributed by atoms with E-state index < -0.39 is 0 Å². The summed E-state index contributed by atoms with van der Waals surface area (Å²) in [5.74, 6) is 1.45. The first kappa shape index (κ1) is 15.4. The van der Waals surface area contributed by atoms with Crippen molar-refractivity contribution in [1.82, 2.24) is 9.80 Å². The molecular weight excluding hydrogens is 312 g/mol. The highest BCUT2D eigenvalue weighted by molar-refractivity contribution is 5.78. The molecule has 0 N–H and O–H groups in total. The molecule has 1 aliphatic carbocycles. The lowest BCUT2D eigenvalue weighted by atomic mass is 9.73. The summed E-state index contributed by atoms with van der Waals surface area (Å²) >= 11 is 0. The van der Waals surface area contributed by atoms with Gasteiger partial charge in [0.05, 0.1) is 6.54 Å². The van der Waals surface area contributed by atoms with Crippen LogP contribution < -0.4 is 0 Å². The Balaban J connectivity index is 1.31. The fourth-order valence-electron chi connectivity index (χ4n) is 4.88. The number of likely N-dealkylation sites (tertiary alicyclic amines) is 2. The number of benzene rings is 1. The Morgan fingerprint density at radius 1 is 1.16 bits per heavy atom. The number of hydrogen-bond acceptors (Lipinski definition) is 3. The summed E-state index contributed by atoms with van der Waals surface area (Å²) in [7, 11) is 0. The zero-order valence-electron chi connectivity index (χ0n) is 14.7. The van der Waals surface area contributed by atoms with Gasteiger partial charge in [0.1, 0.15) is 11.3 Å². The second kappa shape index (κ2) is 5.87. The van der Waals surface area contributed by atoms with E-state index >= 15 is 0 Å². The van der Waals surface area contributed by atoms with Crippen LogP contribution in [0.3, 0.4) is 0 Å². The molecule has 0 unspecified atom stereocenters. The summed E-state index contributed by atoms with van der Waals surface area (Å²) in [5.41, 5.74) is 1.29. The number of hydrogen-bond donors (Lipinski definition) is 0. The summed E-state index contributed by atoms with van der Waals surface area (Å²) in [4.78, 5) is 17.0. The van der Waals surface area contributed by atoms with Gasteiger partial charge < -0.3 is 9.32 Å². The van der Waals surface area contributed by atoms with Crippen molar-refractivity contribution in [2.45, 2.75) is 51.1 Å². The minimum atomic E-state index is 0.306. The third kappa shape index (κ3) is 2.97. The van der Waals surface area contributed by atoms with Gasteiger partial charge in [0.25, 0.3) is 0 Å². The molecule has 2 aliphatic heterocycles. The van der Waals surface area contributed by atoms with Crippen LogP contribution in [-0.2, 0) is 11.3 Å². The van der Waals surface area contributed by atoms with Crippen LogP contribution in [0.5, 0.6) is 0 Å². The van der Waals surface area contributed by atoms with Crippen LogP contribution in [0.15, 0.2) is 34.7 Å². The maximum atomic E-state index is 12.3. The largest absolute Gasteiger partial charge is 0.460 e. The summed E-state index contributed by atoms with van der Waals surface area (Å²) in [5, 5.41) is 1.19. The van der Waals surface area contributed by atoms with Gasteiger partial charge in [-0.2, -0.15) is 0 Å². The van der Waals surface area contributed by atoms with Gasteiger partial charge in [-0.15, -0.1) is 0 Å². The van der Waals surface area contributed by atoms with Crippen LogP contribution >= 0.6 is 0 Å². The molecule has 0 bridgehead atoms. The zero-order chi connectivity index (χ0) is 16.9. The Kier molecular flexibility index (Phi) is 3.63. The van der Waals surface area contributed by atoms with Gasteiger partial charge in [-0.1, -0.05) is 18.2 Å². The Bertz CT molecular complexity index is 761. The highest BCUT2D eigenvalue weighted by Gasteiger charge is 2.45. The molecular formula is C21H26N2O2. The van der Waals surface area contributed by atoms with Crippen LogP contribution in [0.25, 0.3) is 11.0 Å². The maximum absolute atomic E-state index is 12.3. The van der Waals surface area contributed by atoms with Crippen LogP contribution in [0.1, 0.15) is 44.3 Å². The van der Waals surface area contributed by atoms with Crippen molar-refractivity contribution in [3.05, 3.63) is 36.1 Å². The van der Waals surface area contributed by atoms with E-state index in [0.717, 1.165) is 50.4 Å². The highest BCUT2D eigenvalue weighted by atomic mass is 16.3. The molecule has 132 valence electrons. The first-order valence-corrected chi connectivity index (χ1v) is 9.70. The van der Waals surface area contributed by atoms with E-state index in [9.17, 15) is 4.79 Å². The lowest BCUT2D eigenvalue weighted by molar-refractivity contribution is -0.140. The van der Waals surface area contributed by atoms with E-state index in [4.69, 9.17) is 4.42 Å². The molecule has 1 saturated carbocycles. The van der Waals surface area contributed by atoms with E-state index in [0.29, 0.717) is 17.4 Å². The van der Waals surface area contributed by atoms with Crippen molar-refractivity contribution < 1.29 is 9.21 Å². The Hall–Kier alpha value is -1.81. The van der Waals surface area contributed by atoms with E-state index in [-0.39, 0.29) is 0 Å². The fraction of sp³-hybridized carbons (Fsp3) is 0.571. The van der Waals surface area contributed by atoms with E-state index in [1.54, 1.807) is 0 Å². The van der Waals surface area contributed by atoms with E-state index in [1.807, 2.05) is 12.1 Å². The minimum Gasteiger partial charge on any atom is -0.460 e. The second-order valence-electron chi connectivity index (χ2n) is 8.32. The minimum absolute atomic E-state index is 0.306. The van der Waals surface area contributed by atoms with E-state index in [2.05, 4.69) is 28.0 Å². The predicted octanol–water partition coefficient (Wildman–Crippen LogP) is 3.80. The standard InChI is InChI=1S/C21H26N2O2/c24-20-8-10-21(15-23(20)17-6-7-17)9-3-11-22(14-21)13-18-12-16-4-1-2-5-19(16)25-18/h1-2,4-5,12,17H,3,6-11,13-15H2/t21-/m0/s1. The monoisotopic (exact) mass is 338 g/mol. The molecule has 1 amide bonds. The number of amides is 1. The molecule has 3 aliphatic rings. The molecule has 4 nitrogen and oxygen atoms in total. The molecule has 1 aromatic carbocycles. The van der Waals surface area contributed by atoms with Crippen molar-refractivity contribution in [3.63, 3.8) is 0 Å². The number of carbonyl (C=O) groups excluding carboxylic acids is 1. The molecule has 2 saturated heterocycles. The maximum Gasteiger partial charge on any atom is 0.222 e. The van der Waals surface area contributed by atoms with Crippen molar-refractivity contribution in [3.8, 4) is 0 Å². The number of fused-ring (bicyclic) bond motifs is 1. The molecule has 5 rings (SSSR count). The first-order chi connectivity index (χ1) is 12.2. The summed E-state index contributed by atoms with van der Waals surface area (Å²) in [6.07, 6.45) is 6.72. The molecule has 25 heavy (non-hydrogen) atoms. The van der Waals surface area contributed by atoms with Crippen molar-refractivity contribution in [1.29, 1.82) is 0 Å². The fourth-order valence-corrected chi connectivity index (χ4v) is 4.88. The molecule has 4 heteroatoms. The number of furan rings is 1. The Morgan fingerprint density at radius 2 is 2.04 bits per heavy atom. The average molecular weight is 338 g/mol. The number of nitrogens with zero attached hydrogens (tertiary/aromatic N) is 2. The third-order valence-corrected chi connectivity index (χ3v) is 6.28. The Labute approximate surface area is 148 Å². The first-order valence-electron chi connectivity index (χ1n) is 9.70. The van der Waals surface area contributed by atoms with Crippen LogP contribution in [0.2, 0.25) is 0 Å². The summed E-state index contributed by atoms with van der Waals surface area (Å²) < 4.78 is 6.03. The third-order valence-electron chi connectivity index (χ3n) is 6.28. The predicted molar refractivity (Wildman–Crippen MR) is 97.1 cm³/mol. The van der Waals surface area contributed by atoms with Gasteiger partial charge >= 0.3 is 0 Å². The van der Waals surface area contributed by atoms with Gasteiger partial charge in [-0.05, 0) is 50.8 Å². The molecule has 3 heterocycles. The van der Waals surface area contributed by atoms with Crippen LogP contribution in [0, 0.1) is 5.41 Å². The van der Waals surface area contributed by atoms with Crippen LogP contribution in [-0.4, -0.2) is 41.4 Å². The number of piperidine rings is 2. The topological polar surface area (TPSA) is 36.7 Å². The number of carbonyl (C=O) groups is 1. The summed E-state index contributed by atoms with van der Waals surface area (Å²) in [6, 6.07) is 11.0. The smallest absolute Gasteiger partial charge is 0.222 e. The highest BCUT2D eigenvalue weighted by Crippen LogP contribution is 2.42. The zero-order valence-corrected chi connectivity index (χ0v) is 14.7. The van der Waals surface area contributed by atoms with E-state index in [1.165, 1.54) is 31.1 Å². The quantitative estimate of drug-likeness (QED) is 0.854. The van der Waals surface area contributed by atoms with Crippen molar-refractivity contribution in [2.75, 3.05) is 19.6 Å². The normalized spacial score (nSPS) is 28.2. The lowest BCUT2D eigenvalue weighted by Gasteiger charge is -2.48. The van der Waals surface area contributed by atoms with Gasteiger partial charge in [-0.25, -0.2) is 0 Å². The summed E-state index contributed by atoms with van der Waals surface area (Å²) in [6.45, 7) is 4.09. The van der Waals surface area contributed by atoms with Crippen molar-refractivity contribution in [2.24, 2.45) is 5.41 Å². The number of para-hydroxylation sites is 1. The lowest BCUT2D eigenvalue weighted by Crippen LogP contribution is -2.54. The van der Waals surface area contributed by atoms with Crippen LogP contribution in [0.4, 0.5) is 0 Å². The van der Waals surface area contributed by atoms with Gasteiger partial charge in [0, 0.05) is 36.4 Å². The van der Waals surface area contributed by atoms with Gasteiger partial charge in [0.15, 0.2) is 0 Å². The number of rotatable bonds is 3. The molecule has 1 aromatic heterocycles. The SMILES string of the molecule is O=C1CC[C@]2(CCCN(Cc3cc4ccccc4o3)C2)CN1C1CC1. The second-order valence-corrected chi connectivity index (χ2v) is 8.32. The molecule has 1 spiro atoms. The van der Waals surface area contributed by atoms with Gasteiger partial charge in [-0.3, -0.25) is 9.69 Å². The van der Waals surface area contributed by atoms with Crippen molar-refractivity contribution >= 4 is 16.9 Å². The molecule has 1 atom stereocenters. The molecule has 3 fully saturated rings. The molecule has 0 radical (unpaired) electrons. The average Bonchev–Trinajstić information content (AvgIpc) is 3.37.